The van der Waals surface area contributed by atoms with Crippen LogP contribution in [-0.2, 0) is 16.6 Å². The van der Waals surface area contributed by atoms with Gasteiger partial charge in [-0.3, -0.25) is 0 Å². The van der Waals surface area contributed by atoms with Gasteiger partial charge in [0.25, 0.3) is 0 Å². The Labute approximate surface area is 128 Å². The van der Waals surface area contributed by atoms with Crippen molar-refractivity contribution in [1.29, 1.82) is 0 Å². The second-order valence-corrected chi connectivity index (χ2v) is 6.63. The van der Waals surface area contributed by atoms with Crippen LogP contribution in [0.15, 0.2) is 47.4 Å². The zero-order chi connectivity index (χ0) is 15.5. The highest BCUT2D eigenvalue weighted by atomic mass is 35.5. The molecule has 0 atom stereocenters. The van der Waals surface area contributed by atoms with E-state index in [1.54, 1.807) is 18.2 Å². The Morgan fingerprint density at radius 1 is 1.19 bits per heavy atom. The van der Waals surface area contributed by atoms with E-state index in [4.69, 9.17) is 11.6 Å². The molecular weight excluding hydrogens is 315 g/mol. The number of nitrogens with one attached hydrogen (secondary N) is 2. The Morgan fingerprint density at radius 3 is 2.62 bits per heavy atom. The molecule has 0 radical (unpaired) electrons. The van der Waals surface area contributed by atoms with Gasteiger partial charge in [0.2, 0.25) is 10.0 Å². The average molecular weight is 329 g/mol. The molecule has 4 nitrogen and oxygen atoms in total. The van der Waals surface area contributed by atoms with E-state index in [1.807, 2.05) is 0 Å². The summed E-state index contributed by atoms with van der Waals surface area (Å²) in [5.74, 6) is -0.470. The number of halogens is 2. The highest BCUT2D eigenvalue weighted by Gasteiger charge is 2.11. The van der Waals surface area contributed by atoms with Crippen LogP contribution >= 0.6 is 11.6 Å². The standard InChI is InChI=1S/C14H14ClFN2O2S/c1-17-21(19,20)12-4-2-3-11(8-12)18-9-10-5-6-14(16)13(15)7-10/h2-8,17-18H,9H2,1H3. The zero-order valence-electron chi connectivity index (χ0n) is 11.2. The van der Waals surface area contributed by atoms with Crippen molar-refractivity contribution < 1.29 is 12.8 Å². The molecule has 0 aliphatic rings. The summed E-state index contributed by atoms with van der Waals surface area (Å²) < 4.78 is 38.7. The fourth-order valence-electron chi connectivity index (χ4n) is 1.74. The molecule has 0 aliphatic heterocycles. The van der Waals surface area contributed by atoms with Gasteiger partial charge in [-0.05, 0) is 42.9 Å². The van der Waals surface area contributed by atoms with E-state index in [1.165, 1.54) is 31.3 Å². The lowest BCUT2D eigenvalue weighted by molar-refractivity contribution is 0.588. The minimum Gasteiger partial charge on any atom is -0.381 e. The number of hydrogen-bond acceptors (Lipinski definition) is 3. The molecule has 112 valence electrons. The van der Waals surface area contributed by atoms with Gasteiger partial charge in [-0.15, -0.1) is 0 Å². The van der Waals surface area contributed by atoms with E-state index < -0.39 is 15.8 Å². The molecule has 0 spiro atoms. The summed E-state index contributed by atoms with van der Waals surface area (Å²) in [6.45, 7) is 0.406. The molecule has 0 saturated carbocycles. The van der Waals surface area contributed by atoms with Crippen LogP contribution in [0.5, 0.6) is 0 Å². The molecule has 0 fully saturated rings. The Morgan fingerprint density at radius 2 is 1.95 bits per heavy atom. The van der Waals surface area contributed by atoms with Crippen molar-refractivity contribution >= 4 is 27.3 Å². The first-order chi connectivity index (χ1) is 9.92. The Hall–Kier alpha value is -1.63. The first-order valence-corrected chi connectivity index (χ1v) is 8.00. The largest absolute Gasteiger partial charge is 0.381 e. The molecule has 0 aliphatic carbocycles. The third kappa shape index (κ3) is 3.93. The van der Waals surface area contributed by atoms with Crippen LogP contribution in [0.25, 0.3) is 0 Å². The summed E-state index contributed by atoms with van der Waals surface area (Å²) in [6, 6.07) is 10.9. The van der Waals surface area contributed by atoms with Crippen LogP contribution < -0.4 is 10.0 Å². The predicted molar refractivity (Wildman–Crippen MR) is 81.4 cm³/mol. The van der Waals surface area contributed by atoms with Crippen molar-refractivity contribution in [3.05, 3.63) is 58.9 Å². The number of benzene rings is 2. The molecule has 0 heterocycles. The predicted octanol–water partition coefficient (Wildman–Crippen LogP) is 3.00. The SMILES string of the molecule is CNS(=O)(=O)c1cccc(NCc2ccc(F)c(Cl)c2)c1. The fraction of sp³-hybridized carbons (Fsp3) is 0.143. The van der Waals surface area contributed by atoms with E-state index in [0.29, 0.717) is 12.2 Å². The molecular formula is C14H14ClFN2O2S. The van der Waals surface area contributed by atoms with Crippen LogP contribution in [0.3, 0.4) is 0 Å². The van der Waals surface area contributed by atoms with Crippen molar-refractivity contribution in [3.8, 4) is 0 Å². The third-order valence-electron chi connectivity index (χ3n) is 2.89. The van der Waals surface area contributed by atoms with E-state index >= 15 is 0 Å². The summed E-state index contributed by atoms with van der Waals surface area (Å²) in [5, 5.41) is 3.13. The van der Waals surface area contributed by atoms with Crippen molar-refractivity contribution in [2.24, 2.45) is 0 Å². The third-order valence-corrected chi connectivity index (χ3v) is 4.60. The number of rotatable bonds is 5. The average Bonchev–Trinajstić information content (AvgIpc) is 2.49. The molecule has 0 bridgehead atoms. The first kappa shape index (κ1) is 15.8. The van der Waals surface area contributed by atoms with Gasteiger partial charge in [-0.1, -0.05) is 23.7 Å². The van der Waals surface area contributed by atoms with Crippen LogP contribution in [0, 0.1) is 5.82 Å². The van der Waals surface area contributed by atoms with E-state index in [0.717, 1.165) is 5.56 Å². The molecule has 0 saturated heterocycles. The minimum absolute atomic E-state index is 0.0563. The van der Waals surface area contributed by atoms with Gasteiger partial charge in [-0.2, -0.15) is 0 Å². The summed E-state index contributed by atoms with van der Waals surface area (Å²) in [7, 11) is -2.12. The molecule has 21 heavy (non-hydrogen) atoms. The van der Waals surface area contributed by atoms with Crippen molar-refractivity contribution in [1.82, 2.24) is 4.72 Å². The van der Waals surface area contributed by atoms with Gasteiger partial charge in [0.15, 0.2) is 0 Å². The highest BCUT2D eigenvalue weighted by Crippen LogP contribution is 2.19. The van der Waals surface area contributed by atoms with E-state index in [9.17, 15) is 12.8 Å². The van der Waals surface area contributed by atoms with Crippen LogP contribution in [0.2, 0.25) is 5.02 Å². The van der Waals surface area contributed by atoms with Crippen LogP contribution in [0.4, 0.5) is 10.1 Å². The second kappa shape index (κ2) is 6.43. The van der Waals surface area contributed by atoms with Gasteiger partial charge in [0, 0.05) is 12.2 Å². The molecule has 0 amide bonds. The Kier molecular flexibility index (Phi) is 4.82. The minimum atomic E-state index is -3.48. The first-order valence-electron chi connectivity index (χ1n) is 6.14. The van der Waals surface area contributed by atoms with Crippen LogP contribution in [-0.4, -0.2) is 15.5 Å². The maximum Gasteiger partial charge on any atom is 0.240 e. The smallest absolute Gasteiger partial charge is 0.240 e. The zero-order valence-corrected chi connectivity index (χ0v) is 12.8. The lowest BCUT2D eigenvalue weighted by Gasteiger charge is -2.09. The van der Waals surface area contributed by atoms with Crippen LogP contribution in [0.1, 0.15) is 5.56 Å². The topological polar surface area (TPSA) is 58.2 Å². The lowest BCUT2D eigenvalue weighted by Crippen LogP contribution is -2.18. The van der Waals surface area contributed by atoms with Gasteiger partial charge in [0.05, 0.1) is 9.92 Å². The number of anilines is 1. The normalized spacial score (nSPS) is 11.4. The molecule has 2 aromatic rings. The quantitative estimate of drug-likeness (QED) is 0.887. The molecule has 0 unspecified atom stereocenters. The lowest BCUT2D eigenvalue weighted by atomic mass is 10.2. The molecule has 2 N–H and O–H groups in total. The number of sulfonamides is 1. The van der Waals surface area contributed by atoms with Gasteiger partial charge >= 0.3 is 0 Å². The fourth-order valence-corrected chi connectivity index (χ4v) is 2.72. The Balaban J connectivity index is 2.13. The monoisotopic (exact) mass is 328 g/mol. The summed E-state index contributed by atoms with van der Waals surface area (Å²) in [6.07, 6.45) is 0. The van der Waals surface area contributed by atoms with Gasteiger partial charge < -0.3 is 5.32 Å². The molecule has 0 aromatic heterocycles. The summed E-state index contributed by atoms with van der Waals surface area (Å²) in [5.41, 5.74) is 1.44. The number of hydrogen-bond donors (Lipinski definition) is 2. The van der Waals surface area contributed by atoms with Gasteiger partial charge in [0.1, 0.15) is 5.82 Å². The van der Waals surface area contributed by atoms with E-state index in [-0.39, 0.29) is 9.92 Å². The van der Waals surface area contributed by atoms with Crippen molar-refractivity contribution in [2.75, 3.05) is 12.4 Å². The maximum absolute atomic E-state index is 13.1. The second-order valence-electron chi connectivity index (χ2n) is 4.34. The van der Waals surface area contributed by atoms with Crippen molar-refractivity contribution in [3.63, 3.8) is 0 Å². The molecule has 2 aromatic carbocycles. The highest BCUT2D eigenvalue weighted by molar-refractivity contribution is 7.89. The summed E-state index contributed by atoms with van der Waals surface area (Å²) in [4.78, 5) is 0.173. The van der Waals surface area contributed by atoms with Crippen molar-refractivity contribution in [2.45, 2.75) is 11.4 Å². The molecule has 7 heteroatoms. The maximum atomic E-state index is 13.1. The summed E-state index contributed by atoms with van der Waals surface area (Å²) >= 11 is 5.71. The molecule has 2 rings (SSSR count). The van der Waals surface area contributed by atoms with Gasteiger partial charge in [-0.25, -0.2) is 17.5 Å². The van der Waals surface area contributed by atoms with E-state index in [2.05, 4.69) is 10.0 Å². The Bertz CT molecular complexity index is 750.